The monoisotopic (exact) mass is 285 g/mol. The highest BCUT2D eigenvalue weighted by Gasteiger charge is 2.41. The number of benzene rings is 1. The molecule has 2 aliphatic rings. The van der Waals surface area contributed by atoms with E-state index < -0.39 is 0 Å². The zero-order valence-corrected chi connectivity index (χ0v) is 12.8. The second kappa shape index (κ2) is 5.63. The summed E-state index contributed by atoms with van der Waals surface area (Å²) in [5.74, 6) is 0.764. The van der Waals surface area contributed by atoms with Gasteiger partial charge in [0.2, 0.25) is 5.91 Å². The Morgan fingerprint density at radius 1 is 1.05 bits per heavy atom. The molecule has 1 N–H and O–H groups in total. The van der Waals surface area contributed by atoms with Crippen LogP contribution in [0.3, 0.4) is 0 Å². The van der Waals surface area contributed by atoms with Gasteiger partial charge in [0.05, 0.1) is 0 Å². The van der Waals surface area contributed by atoms with E-state index in [2.05, 4.69) is 11.4 Å². The summed E-state index contributed by atoms with van der Waals surface area (Å²) in [5.41, 5.74) is 3.18. The van der Waals surface area contributed by atoms with Crippen LogP contribution in [0.25, 0.3) is 0 Å². The van der Waals surface area contributed by atoms with Crippen molar-refractivity contribution < 1.29 is 9.59 Å². The molecule has 2 aliphatic carbocycles. The Kier molecular flexibility index (Phi) is 3.83. The minimum Gasteiger partial charge on any atom is -0.326 e. The maximum atomic E-state index is 12.5. The number of rotatable bonds is 2. The van der Waals surface area contributed by atoms with Gasteiger partial charge in [0.1, 0.15) is 5.78 Å². The largest absolute Gasteiger partial charge is 0.326 e. The second-order valence-electron chi connectivity index (χ2n) is 6.76. The molecule has 21 heavy (non-hydrogen) atoms. The number of anilines is 1. The number of carbonyl (C=O) groups excluding carboxylic acids is 2. The number of hydrogen-bond acceptors (Lipinski definition) is 2. The Morgan fingerprint density at radius 2 is 1.62 bits per heavy atom. The summed E-state index contributed by atoms with van der Waals surface area (Å²) in [6.07, 6.45) is 4.58. The lowest BCUT2D eigenvalue weighted by Gasteiger charge is -2.36. The van der Waals surface area contributed by atoms with E-state index in [4.69, 9.17) is 0 Å². The van der Waals surface area contributed by atoms with Gasteiger partial charge in [-0.05, 0) is 62.8 Å². The zero-order valence-electron chi connectivity index (χ0n) is 12.8. The van der Waals surface area contributed by atoms with E-state index in [1.54, 1.807) is 0 Å². The van der Waals surface area contributed by atoms with Gasteiger partial charge in [-0.2, -0.15) is 0 Å². The van der Waals surface area contributed by atoms with Gasteiger partial charge in [-0.15, -0.1) is 0 Å². The molecule has 0 unspecified atom stereocenters. The molecular weight excluding hydrogens is 262 g/mol. The molecule has 3 rings (SSSR count). The van der Waals surface area contributed by atoms with Crippen molar-refractivity contribution in [2.75, 3.05) is 5.32 Å². The third-order valence-corrected chi connectivity index (χ3v) is 4.91. The first kappa shape index (κ1) is 14.3. The number of amides is 1. The number of fused-ring (bicyclic) bond motifs is 2. The lowest BCUT2D eigenvalue weighted by molar-refractivity contribution is -0.136. The van der Waals surface area contributed by atoms with Crippen LogP contribution in [0.5, 0.6) is 0 Å². The summed E-state index contributed by atoms with van der Waals surface area (Å²) in [4.78, 5) is 24.6. The Balaban J connectivity index is 1.70. The Bertz CT molecular complexity index is 542. The molecule has 1 aromatic carbocycles. The highest BCUT2D eigenvalue weighted by Crippen LogP contribution is 2.40. The Labute approximate surface area is 126 Å². The number of hydrogen-bond donors (Lipinski definition) is 1. The highest BCUT2D eigenvalue weighted by atomic mass is 16.2. The molecule has 0 aliphatic heterocycles. The Hall–Kier alpha value is -1.64. The van der Waals surface area contributed by atoms with E-state index in [-0.39, 0.29) is 23.7 Å². The summed E-state index contributed by atoms with van der Waals surface area (Å²) in [6.45, 7) is 4.07. The van der Waals surface area contributed by atoms with Crippen molar-refractivity contribution in [3.05, 3.63) is 29.3 Å². The molecule has 2 saturated carbocycles. The van der Waals surface area contributed by atoms with E-state index in [9.17, 15) is 9.59 Å². The van der Waals surface area contributed by atoms with Crippen molar-refractivity contribution >= 4 is 17.4 Å². The van der Waals surface area contributed by atoms with Crippen molar-refractivity contribution in [2.45, 2.75) is 46.0 Å². The Morgan fingerprint density at radius 3 is 2.19 bits per heavy atom. The average molecular weight is 285 g/mol. The predicted octanol–water partition coefficient (Wildman–Crippen LogP) is 3.64. The van der Waals surface area contributed by atoms with Crippen molar-refractivity contribution in [2.24, 2.45) is 17.8 Å². The van der Waals surface area contributed by atoms with Gasteiger partial charge in [0.15, 0.2) is 0 Å². The number of nitrogens with one attached hydrogen (secondary N) is 1. The van der Waals surface area contributed by atoms with Crippen molar-refractivity contribution in [3.63, 3.8) is 0 Å². The first-order valence-corrected chi connectivity index (χ1v) is 7.96. The molecule has 0 aromatic heterocycles. The summed E-state index contributed by atoms with van der Waals surface area (Å²) in [7, 11) is 0. The van der Waals surface area contributed by atoms with Gasteiger partial charge in [0, 0.05) is 23.4 Å². The standard InChI is InChI=1S/C18H23NO2/c1-11-6-12(2)8-16(7-11)19-18(21)15-9-13-4-3-5-14(10-15)17(13)20/h6-8,13-15H,3-5,9-10H2,1-2H3,(H,19,21)/t13-,14-/m0/s1. The molecule has 0 spiro atoms. The van der Waals surface area contributed by atoms with Gasteiger partial charge in [0.25, 0.3) is 0 Å². The van der Waals surface area contributed by atoms with Gasteiger partial charge < -0.3 is 5.32 Å². The first-order valence-electron chi connectivity index (χ1n) is 7.96. The molecule has 0 saturated heterocycles. The quantitative estimate of drug-likeness (QED) is 0.901. The molecule has 0 heterocycles. The van der Waals surface area contributed by atoms with Crippen LogP contribution < -0.4 is 5.32 Å². The summed E-state index contributed by atoms with van der Waals surface area (Å²) < 4.78 is 0. The first-order chi connectivity index (χ1) is 10.0. The maximum absolute atomic E-state index is 12.5. The number of carbonyl (C=O) groups is 2. The lowest BCUT2D eigenvalue weighted by atomic mass is 9.67. The molecule has 112 valence electrons. The number of ketones is 1. The van der Waals surface area contributed by atoms with Crippen LogP contribution >= 0.6 is 0 Å². The second-order valence-corrected chi connectivity index (χ2v) is 6.76. The maximum Gasteiger partial charge on any atom is 0.227 e. The normalized spacial score (nSPS) is 28.3. The molecule has 1 amide bonds. The van der Waals surface area contributed by atoms with Crippen molar-refractivity contribution in [1.29, 1.82) is 0 Å². The van der Waals surface area contributed by atoms with Crippen LogP contribution in [0.1, 0.15) is 43.2 Å². The van der Waals surface area contributed by atoms with Crippen LogP contribution in [-0.2, 0) is 9.59 Å². The average Bonchev–Trinajstić information content (AvgIpc) is 2.36. The smallest absolute Gasteiger partial charge is 0.227 e. The van der Waals surface area contributed by atoms with E-state index >= 15 is 0 Å². The van der Waals surface area contributed by atoms with E-state index in [0.29, 0.717) is 5.78 Å². The SMILES string of the molecule is Cc1cc(C)cc(NC(=O)C2C[C@@H]3CCC[C@@H](C2)C3=O)c1. The van der Waals surface area contributed by atoms with Gasteiger partial charge in [-0.25, -0.2) is 0 Å². The van der Waals surface area contributed by atoms with E-state index in [1.807, 2.05) is 26.0 Å². The van der Waals surface area contributed by atoms with E-state index in [0.717, 1.165) is 48.9 Å². The van der Waals surface area contributed by atoms with Crippen LogP contribution in [-0.4, -0.2) is 11.7 Å². The topological polar surface area (TPSA) is 46.2 Å². The number of Topliss-reactive ketones (excluding diaryl/α,β-unsaturated/α-hetero) is 1. The number of aryl methyl sites for hydroxylation is 2. The molecule has 3 heteroatoms. The van der Waals surface area contributed by atoms with Gasteiger partial charge in [-0.1, -0.05) is 12.5 Å². The summed E-state index contributed by atoms with van der Waals surface area (Å²) in [5, 5.41) is 3.05. The van der Waals surface area contributed by atoms with Crippen LogP contribution in [0.2, 0.25) is 0 Å². The molecule has 2 atom stereocenters. The van der Waals surface area contributed by atoms with E-state index in [1.165, 1.54) is 0 Å². The molecule has 0 radical (unpaired) electrons. The summed E-state index contributed by atoms with van der Waals surface area (Å²) in [6, 6.07) is 6.10. The summed E-state index contributed by atoms with van der Waals surface area (Å²) >= 11 is 0. The third-order valence-electron chi connectivity index (χ3n) is 4.91. The molecule has 3 nitrogen and oxygen atoms in total. The molecule has 2 fully saturated rings. The van der Waals surface area contributed by atoms with Crippen molar-refractivity contribution in [3.8, 4) is 0 Å². The van der Waals surface area contributed by atoms with Crippen molar-refractivity contribution in [1.82, 2.24) is 0 Å². The van der Waals surface area contributed by atoms with Gasteiger partial charge >= 0.3 is 0 Å². The third kappa shape index (κ3) is 3.02. The highest BCUT2D eigenvalue weighted by molar-refractivity contribution is 5.95. The zero-order chi connectivity index (χ0) is 15.0. The van der Waals surface area contributed by atoms with Crippen LogP contribution in [0.4, 0.5) is 5.69 Å². The van der Waals surface area contributed by atoms with Crippen LogP contribution in [0, 0.1) is 31.6 Å². The van der Waals surface area contributed by atoms with Gasteiger partial charge in [-0.3, -0.25) is 9.59 Å². The van der Waals surface area contributed by atoms with Crippen LogP contribution in [0.15, 0.2) is 18.2 Å². The predicted molar refractivity (Wildman–Crippen MR) is 83.1 cm³/mol. The molecular formula is C18H23NO2. The minimum absolute atomic E-state index is 0.00109. The fourth-order valence-corrected chi connectivity index (χ4v) is 3.98. The lowest BCUT2D eigenvalue weighted by Crippen LogP contribution is -2.40. The molecule has 2 bridgehead atoms. The fourth-order valence-electron chi connectivity index (χ4n) is 3.98. The fraction of sp³-hybridized carbons (Fsp3) is 0.556. The molecule has 1 aromatic rings. The minimum atomic E-state index is -0.00109.